The van der Waals surface area contributed by atoms with E-state index < -0.39 is 0 Å². The van der Waals surface area contributed by atoms with Crippen molar-refractivity contribution >= 4 is 5.91 Å². The van der Waals surface area contributed by atoms with Gasteiger partial charge in [0.05, 0.1) is 23.9 Å². The van der Waals surface area contributed by atoms with Gasteiger partial charge in [0, 0.05) is 30.3 Å². The molecule has 3 aromatic rings. The minimum Gasteiger partial charge on any atom is -0.472 e. The maximum atomic E-state index is 12.0. The van der Waals surface area contributed by atoms with Gasteiger partial charge in [0.25, 0.3) is 0 Å². The zero-order valence-electron chi connectivity index (χ0n) is 13.7. The van der Waals surface area contributed by atoms with Crippen LogP contribution in [0.4, 0.5) is 0 Å². The summed E-state index contributed by atoms with van der Waals surface area (Å²) in [7, 11) is 0. The first-order chi connectivity index (χ1) is 11.6. The Labute approximate surface area is 139 Å². The van der Waals surface area contributed by atoms with E-state index in [-0.39, 0.29) is 5.91 Å². The molecule has 0 aliphatic heterocycles. The number of aromatic nitrogens is 2. The van der Waals surface area contributed by atoms with E-state index in [4.69, 9.17) is 8.94 Å². The summed E-state index contributed by atoms with van der Waals surface area (Å²) in [4.78, 5) is 16.4. The Hall–Kier alpha value is -2.89. The first kappa shape index (κ1) is 16.0. The zero-order valence-corrected chi connectivity index (χ0v) is 13.7. The fourth-order valence-electron chi connectivity index (χ4n) is 2.50. The van der Waals surface area contributed by atoms with Gasteiger partial charge in [-0.25, -0.2) is 0 Å². The standard InChI is InChI=1S/C18H19N3O3/c1-12-16(13(2)24-21-12)4-6-18(22)20-10-14-3-5-17(19-9-14)15-7-8-23-11-15/h3,5,7-9,11H,4,6,10H2,1-2H3,(H,20,22). The Morgan fingerprint density at radius 3 is 2.75 bits per heavy atom. The van der Waals surface area contributed by atoms with Crippen LogP contribution in [0.1, 0.15) is 29.0 Å². The summed E-state index contributed by atoms with van der Waals surface area (Å²) in [5.41, 5.74) is 4.59. The molecule has 0 unspecified atom stereocenters. The van der Waals surface area contributed by atoms with Crippen LogP contribution in [0.2, 0.25) is 0 Å². The van der Waals surface area contributed by atoms with Crippen LogP contribution in [0.25, 0.3) is 11.3 Å². The summed E-state index contributed by atoms with van der Waals surface area (Å²) in [5, 5.41) is 6.80. The van der Waals surface area contributed by atoms with Gasteiger partial charge >= 0.3 is 0 Å². The minimum absolute atomic E-state index is 0.00564. The van der Waals surface area contributed by atoms with Crippen LogP contribution in [0.3, 0.4) is 0 Å². The van der Waals surface area contributed by atoms with Crippen molar-refractivity contribution in [3.8, 4) is 11.3 Å². The van der Waals surface area contributed by atoms with Crippen molar-refractivity contribution in [3.63, 3.8) is 0 Å². The first-order valence-electron chi connectivity index (χ1n) is 7.79. The summed E-state index contributed by atoms with van der Waals surface area (Å²) < 4.78 is 10.1. The molecule has 1 amide bonds. The molecule has 124 valence electrons. The van der Waals surface area contributed by atoms with Crippen LogP contribution in [0, 0.1) is 13.8 Å². The second kappa shape index (κ2) is 7.12. The van der Waals surface area contributed by atoms with E-state index in [2.05, 4.69) is 15.5 Å². The third-order valence-electron chi connectivity index (χ3n) is 3.91. The Morgan fingerprint density at radius 2 is 2.12 bits per heavy atom. The molecule has 0 aliphatic rings. The van der Waals surface area contributed by atoms with E-state index in [9.17, 15) is 4.79 Å². The molecular formula is C18H19N3O3. The van der Waals surface area contributed by atoms with Gasteiger partial charge in [-0.15, -0.1) is 0 Å². The molecule has 0 bridgehead atoms. The molecule has 1 N–H and O–H groups in total. The molecule has 0 atom stereocenters. The van der Waals surface area contributed by atoms with Gasteiger partial charge in [0.1, 0.15) is 5.76 Å². The van der Waals surface area contributed by atoms with E-state index in [0.29, 0.717) is 19.4 Å². The summed E-state index contributed by atoms with van der Waals surface area (Å²) in [5.74, 6) is 0.772. The molecule has 0 radical (unpaired) electrons. The molecule has 0 fully saturated rings. The molecular weight excluding hydrogens is 306 g/mol. The lowest BCUT2D eigenvalue weighted by molar-refractivity contribution is -0.121. The second-order valence-corrected chi connectivity index (χ2v) is 5.64. The zero-order chi connectivity index (χ0) is 16.9. The Morgan fingerprint density at radius 1 is 1.25 bits per heavy atom. The first-order valence-corrected chi connectivity index (χ1v) is 7.79. The molecule has 0 saturated heterocycles. The Kier molecular flexibility index (Phi) is 4.74. The predicted molar refractivity (Wildman–Crippen MR) is 88.1 cm³/mol. The van der Waals surface area contributed by atoms with E-state index in [1.165, 1.54) is 0 Å². The quantitative estimate of drug-likeness (QED) is 0.752. The predicted octanol–water partition coefficient (Wildman–Crippen LogP) is 3.20. The molecule has 6 heteroatoms. The third-order valence-corrected chi connectivity index (χ3v) is 3.91. The van der Waals surface area contributed by atoms with Crippen molar-refractivity contribution in [3.05, 3.63) is 59.5 Å². The van der Waals surface area contributed by atoms with Gasteiger partial charge in [-0.1, -0.05) is 11.2 Å². The van der Waals surface area contributed by atoms with Crippen molar-refractivity contribution in [1.29, 1.82) is 0 Å². The third kappa shape index (κ3) is 3.71. The fourth-order valence-corrected chi connectivity index (χ4v) is 2.50. The maximum absolute atomic E-state index is 12.0. The Bertz CT molecular complexity index is 785. The van der Waals surface area contributed by atoms with Gasteiger partial charge in [0.15, 0.2) is 0 Å². The van der Waals surface area contributed by atoms with Crippen LogP contribution >= 0.6 is 0 Å². The number of rotatable bonds is 6. The maximum Gasteiger partial charge on any atom is 0.220 e. The largest absolute Gasteiger partial charge is 0.472 e. The minimum atomic E-state index is -0.00564. The van der Waals surface area contributed by atoms with E-state index >= 15 is 0 Å². The highest BCUT2D eigenvalue weighted by Crippen LogP contribution is 2.17. The van der Waals surface area contributed by atoms with Crippen molar-refractivity contribution in [1.82, 2.24) is 15.5 Å². The fraction of sp³-hybridized carbons (Fsp3) is 0.278. The van der Waals surface area contributed by atoms with E-state index in [1.54, 1.807) is 18.7 Å². The molecule has 3 rings (SSSR count). The van der Waals surface area contributed by atoms with Crippen LogP contribution in [0.5, 0.6) is 0 Å². The molecule has 24 heavy (non-hydrogen) atoms. The van der Waals surface area contributed by atoms with Crippen molar-refractivity contribution in [2.45, 2.75) is 33.2 Å². The lowest BCUT2D eigenvalue weighted by Gasteiger charge is -2.06. The lowest BCUT2D eigenvalue weighted by atomic mass is 10.1. The number of hydrogen-bond acceptors (Lipinski definition) is 5. The number of nitrogens with one attached hydrogen (secondary N) is 1. The number of carbonyl (C=O) groups excluding carboxylic acids is 1. The summed E-state index contributed by atoms with van der Waals surface area (Å²) in [6.07, 6.45) is 6.06. The summed E-state index contributed by atoms with van der Waals surface area (Å²) >= 11 is 0. The smallest absolute Gasteiger partial charge is 0.220 e. The van der Waals surface area contributed by atoms with Gasteiger partial charge in [-0.05, 0) is 38.0 Å². The van der Waals surface area contributed by atoms with Gasteiger partial charge in [-0.3, -0.25) is 9.78 Å². The monoisotopic (exact) mass is 325 g/mol. The number of amides is 1. The van der Waals surface area contributed by atoms with Gasteiger partial charge in [0.2, 0.25) is 5.91 Å². The second-order valence-electron chi connectivity index (χ2n) is 5.64. The SMILES string of the molecule is Cc1noc(C)c1CCC(=O)NCc1ccc(-c2ccoc2)nc1. The molecule has 0 spiro atoms. The number of carbonyl (C=O) groups is 1. The highest BCUT2D eigenvalue weighted by Gasteiger charge is 2.11. The van der Waals surface area contributed by atoms with Crippen molar-refractivity contribution in [2.24, 2.45) is 0 Å². The summed E-state index contributed by atoms with van der Waals surface area (Å²) in [6, 6.07) is 5.72. The van der Waals surface area contributed by atoms with E-state index in [1.807, 2.05) is 32.0 Å². The molecule has 3 heterocycles. The highest BCUT2D eigenvalue weighted by atomic mass is 16.5. The van der Waals surface area contributed by atoms with Crippen LogP contribution in [0.15, 0.2) is 45.9 Å². The number of nitrogens with zero attached hydrogens (tertiary/aromatic N) is 2. The molecule has 3 aromatic heterocycles. The normalized spacial score (nSPS) is 10.8. The number of furan rings is 1. The van der Waals surface area contributed by atoms with Crippen LogP contribution in [-0.2, 0) is 17.8 Å². The number of pyridine rings is 1. The van der Waals surface area contributed by atoms with Gasteiger partial charge in [-0.2, -0.15) is 0 Å². The topological polar surface area (TPSA) is 81.2 Å². The number of aryl methyl sites for hydroxylation is 2. The average Bonchev–Trinajstić information content (AvgIpc) is 3.23. The number of hydrogen-bond donors (Lipinski definition) is 1. The highest BCUT2D eigenvalue weighted by molar-refractivity contribution is 5.76. The lowest BCUT2D eigenvalue weighted by Crippen LogP contribution is -2.23. The van der Waals surface area contributed by atoms with Crippen molar-refractivity contribution in [2.75, 3.05) is 0 Å². The van der Waals surface area contributed by atoms with Crippen LogP contribution in [-0.4, -0.2) is 16.0 Å². The molecule has 0 saturated carbocycles. The summed E-state index contributed by atoms with van der Waals surface area (Å²) in [6.45, 7) is 4.20. The average molecular weight is 325 g/mol. The van der Waals surface area contributed by atoms with E-state index in [0.717, 1.165) is 33.8 Å². The van der Waals surface area contributed by atoms with Crippen molar-refractivity contribution < 1.29 is 13.7 Å². The Balaban J connectivity index is 1.49. The molecule has 0 aliphatic carbocycles. The molecule has 6 nitrogen and oxygen atoms in total. The molecule has 0 aromatic carbocycles. The van der Waals surface area contributed by atoms with Crippen LogP contribution < -0.4 is 5.32 Å². The van der Waals surface area contributed by atoms with Gasteiger partial charge < -0.3 is 14.3 Å².